The summed E-state index contributed by atoms with van der Waals surface area (Å²) >= 11 is 0. The van der Waals surface area contributed by atoms with Gasteiger partial charge in [0.25, 0.3) is 0 Å². The zero-order chi connectivity index (χ0) is 17.7. The van der Waals surface area contributed by atoms with E-state index in [2.05, 4.69) is 40.1 Å². The molecule has 0 atom stereocenters. The molecule has 1 fully saturated rings. The van der Waals surface area contributed by atoms with Gasteiger partial charge in [-0.05, 0) is 42.8 Å². The van der Waals surface area contributed by atoms with Crippen LogP contribution in [0.5, 0.6) is 0 Å². The van der Waals surface area contributed by atoms with Gasteiger partial charge >= 0.3 is 0 Å². The first-order chi connectivity index (χ1) is 12.0. The molecule has 0 radical (unpaired) electrons. The highest BCUT2D eigenvalue weighted by Gasteiger charge is 2.15. The molecule has 1 heterocycles. The molecule has 0 saturated carbocycles. The van der Waals surface area contributed by atoms with E-state index in [0.29, 0.717) is 4.90 Å². The molecule has 3 rings (SSSR count). The van der Waals surface area contributed by atoms with Crippen molar-refractivity contribution in [3.8, 4) is 0 Å². The Hall–Kier alpha value is -1.69. The molecule has 2 aromatic carbocycles. The number of benzene rings is 2. The molecule has 134 valence electrons. The Morgan fingerprint density at radius 3 is 1.80 bits per heavy atom. The highest BCUT2D eigenvalue weighted by Crippen LogP contribution is 2.14. The number of sulfone groups is 1. The highest BCUT2D eigenvalue weighted by molar-refractivity contribution is 7.90. The van der Waals surface area contributed by atoms with Gasteiger partial charge in [0.05, 0.1) is 4.90 Å². The van der Waals surface area contributed by atoms with Crippen LogP contribution in [0.1, 0.15) is 17.5 Å². The van der Waals surface area contributed by atoms with Gasteiger partial charge in [-0.25, -0.2) is 8.42 Å². The van der Waals surface area contributed by atoms with Crippen LogP contribution in [0.4, 0.5) is 0 Å². The second-order valence-corrected chi connectivity index (χ2v) is 8.82. The van der Waals surface area contributed by atoms with Crippen molar-refractivity contribution in [2.24, 2.45) is 0 Å². The van der Waals surface area contributed by atoms with E-state index in [1.807, 2.05) is 12.1 Å². The smallest absolute Gasteiger partial charge is 0.175 e. The van der Waals surface area contributed by atoms with E-state index in [-0.39, 0.29) is 0 Å². The molecule has 4 nitrogen and oxygen atoms in total. The molecule has 0 amide bonds. The van der Waals surface area contributed by atoms with Crippen LogP contribution >= 0.6 is 0 Å². The van der Waals surface area contributed by atoms with Crippen LogP contribution in [0, 0.1) is 0 Å². The van der Waals surface area contributed by atoms with Crippen molar-refractivity contribution in [3.63, 3.8) is 0 Å². The summed E-state index contributed by atoms with van der Waals surface area (Å²) in [6, 6.07) is 17.9. The van der Waals surface area contributed by atoms with Crippen LogP contribution in [-0.4, -0.2) is 50.7 Å². The van der Waals surface area contributed by atoms with Crippen molar-refractivity contribution in [1.82, 2.24) is 9.80 Å². The summed E-state index contributed by atoms with van der Waals surface area (Å²) in [5, 5.41) is 0. The largest absolute Gasteiger partial charge is 0.298 e. The normalized spacial score (nSPS) is 17.3. The monoisotopic (exact) mass is 358 g/mol. The topological polar surface area (TPSA) is 40.6 Å². The van der Waals surface area contributed by atoms with Gasteiger partial charge in [0.1, 0.15) is 0 Å². The van der Waals surface area contributed by atoms with Crippen molar-refractivity contribution in [2.75, 3.05) is 32.4 Å². The second kappa shape index (κ2) is 8.13. The van der Waals surface area contributed by atoms with Gasteiger partial charge in [-0.1, -0.05) is 42.5 Å². The van der Waals surface area contributed by atoms with Gasteiger partial charge in [0, 0.05) is 32.4 Å². The van der Waals surface area contributed by atoms with Crippen molar-refractivity contribution >= 4 is 9.84 Å². The lowest BCUT2D eigenvalue weighted by molar-refractivity contribution is 0.247. The maximum atomic E-state index is 11.5. The predicted octanol–water partition coefficient (Wildman–Crippen LogP) is 2.80. The van der Waals surface area contributed by atoms with Gasteiger partial charge in [-0.2, -0.15) is 0 Å². The molecule has 0 bridgehead atoms. The molecule has 2 aromatic rings. The molecule has 1 saturated heterocycles. The van der Waals surface area contributed by atoms with Crippen LogP contribution in [0.25, 0.3) is 0 Å². The van der Waals surface area contributed by atoms with Crippen molar-refractivity contribution in [2.45, 2.75) is 24.4 Å². The van der Waals surface area contributed by atoms with Crippen LogP contribution in [0.2, 0.25) is 0 Å². The van der Waals surface area contributed by atoms with E-state index < -0.39 is 9.84 Å². The molecular formula is C20H26N2O2S. The first-order valence-corrected chi connectivity index (χ1v) is 10.7. The van der Waals surface area contributed by atoms with Crippen molar-refractivity contribution < 1.29 is 8.42 Å². The van der Waals surface area contributed by atoms with Gasteiger partial charge in [-0.15, -0.1) is 0 Å². The fourth-order valence-electron chi connectivity index (χ4n) is 3.28. The number of hydrogen-bond acceptors (Lipinski definition) is 4. The van der Waals surface area contributed by atoms with Gasteiger partial charge in [0.2, 0.25) is 0 Å². The van der Waals surface area contributed by atoms with Crippen molar-refractivity contribution in [1.29, 1.82) is 0 Å². The average molecular weight is 359 g/mol. The molecule has 0 aliphatic carbocycles. The SMILES string of the molecule is CS(=O)(=O)c1ccc(CN2CCCN(Cc3ccccc3)CC2)cc1. The number of nitrogens with zero attached hydrogens (tertiary/aromatic N) is 2. The molecule has 25 heavy (non-hydrogen) atoms. The van der Waals surface area contributed by atoms with Crippen LogP contribution in [-0.2, 0) is 22.9 Å². The zero-order valence-corrected chi connectivity index (χ0v) is 15.6. The maximum absolute atomic E-state index is 11.5. The van der Waals surface area contributed by atoms with E-state index in [1.165, 1.54) is 17.4 Å². The Bertz CT molecular complexity index is 773. The first-order valence-electron chi connectivity index (χ1n) is 8.78. The van der Waals surface area contributed by atoms with E-state index >= 15 is 0 Å². The minimum absolute atomic E-state index is 0.390. The standard InChI is InChI=1S/C20H26N2O2S/c1-25(23,24)20-10-8-19(9-11-20)17-22-13-5-12-21(14-15-22)16-18-6-3-2-4-7-18/h2-4,6-11H,5,12-17H2,1H3. The Kier molecular flexibility index (Phi) is 5.89. The molecule has 0 spiro atoms. The summed E-state index contributed by atoms with van der Waals surface area (Å²) in [6.45, 7) is 6.20. The predicted molar refractivity (Wildman–Crippen MR) is 101 cm³/mol. The number of hydrogen-bond donors (Lipinski definition) is 0. The lowest BCUT2D eigenvalue weighted by Gasteiger charge is -2.22. The Labute approximate surface area is 151 Å². The lowest BCUT2D eigenvalue weighted by Crippen LogP contribution is -2.30. The van der Waals surface area contributed by atoms with E-state index in [9.17, 15) is 8.42 Å². The quantitative estimate of drug-likeness (QED) is 0.824. The maximum Gasteiger partial charge on any atom is 0.175 e. The summed E-state index contributed by atoms with van der Waals surface area (Å²) in [7, 11) is -3.12. The Morgan fingerprint density at radius 2 is 1.28 bits per heavy atom. The summed E-state index contributed by atoms with van der Waals surface area (Å²) in [6.07, 6.45) is 2.41. The van der Waals surface area contributed by atoms with Crippen LogP contribution < -0.4 is 0 Å². The molecule has 0 unspecified atom stereocenters. The van der Waals surface area contributed by atoms with E-state index in [1.54, 1.807) is 12.1 Å². The van der Waals surface area contributed by atoms with Gasteiger partial charge < -0.3 is 0 Å². The van der Waals surface area contributed by atoms with Gasteiger partial charge in [-0.3, -0.25) is 9.80 Å². The summed E-state index contributed by atoms with van der Waals surface area (Å²) in [4.78, 5) is 5.36. The first kappa shape index (κ1) is 18.1. The fourth-order valence-corrected chi connectivity index (χ4v) is 3.91. The van der Waals surface area contributed by atoms with Gasteiger partial charge in [0.15, 0.2) is 9.84 Å². The molecule has 5 heteroatoms. The third kappa shape index (κ3) is 5.39. The average Bonchev–Trinajstić information content (AvgIpc) is 2.81. The molecule has 1 aliphatic heterocycles. The molecule has 0 aromatic heterocycles. The molecular weight excluding hydrogens is 332 g/mol. The van der Waals surface area contributed by atoms with E-state index in [4.69, 9.17) is 0 Å². The zero-order valence-electron chi connectivity index (χ0n) is 14.8. The highest BCUT2D eigenvalue weighted by atomic mass is 32.2. The summed E-state index contributed by atoms with van der Waals surface area (Å²) in [5.41, 5.74) is 2.54. The molecule has 1 aliphatic rings. The lowest BCUT2D eigenvalue weighted by atomic mass is 10.2. The summed E-state index contributed by atoms with van der Waals surface area (Å²) in [5.74, 6) is 0. The molecule has 0 N–H and O–H groups in total. The minimum atomic E-state index is -3.12. The Balaban J connectivity index is 1.54. The minimum Gasteiger partial charge on any atom is -0.298 e. The van der Waals surface area contributed by atoms with E-state index in [0.717, 1.165) is 45.7 Å². The van der Waals surface area contributed by atoms with Crippen molar-refractivity contribution in [3.05, 3.63) is 65.7 Å². The third-order valence-corrected chi connectivity index (χ3v) is 5.82. The fraction of sp³-hybridized carbons (Fsp3) is 0.400. The summed E-state index contributed by atoms with van der Waals surface area (Å²) < 4.78 is 23.1. The third-order valence-electron chi connectivity index (χ3n) is 4.69. The van der Waals surface area contributed by atoms with Crippen LogP contribution in [0.3, 0.4) is 0 Å². The number of rotatable bonds is 5. The second-order valence-electron chi connectivity index (χ2n) is 6.81. The van der Waals surface area contributed by atoms with Crippen LogP contribution in [0.15, 0.2) is 59.5 Å². The Morgan fingerprint density at radius 1 is 0.760 bits per heavy atom.